The Hall–Kier alpha value is -1.33. The van der Waals surface area contributed by atoms with Crippen LogP contribution in [-0.4, -0.2) is 18.3 Å². The van der Waals surface area contributed by atoms with Crippen molar-refractivity contribution < 1.29 is 18.1 Å². The zero-order chi connectivity index (χ0) is 13.8. The predicted octanol–water partition coefficient (Wildman–Crippen LogP) is 2.87. The molecule has 0 bridgehead atoms. The van der Waals surface area contributed by atoms with Crippen LogP contribution in [-0.2, 0) is 9.31 Å². The summed E-state index contributed by atoms with van der Waals surface area (Å²) in [5, 5.41) is 0.713. The molecule has 0 radical (unpaired) electrons. The minimum absolute atomic E-state index is 0.284. The van der Waals surface area contributed by atoms with Crippen molar-refractivity contribution in [1.82, 2.24) is 0 Å². The Labute approximate surface area is 111 Å². The van der Waals surface area contributed by atoms with E-state index in [4.69, 9.17) is 13.7 Å². The summed E-state index contributed by atoms with van der Waals surface area (Å²) < 4.78 is 30.6. The number of furan rings is 1. The highest BCUT2D eigenvalue weighted by atomic mass is 19.1. The minimum Gasteiger partial charge on any atom is -0.465 e. The number of benzene rings is 1. The van der Waals surface area contributed by atoms with Crippen LogP contribution >= 0.6 is 0 Å². The summed E-state index contributed by atoms with van der Waals surface area (Å²) in [7, 11) is -0.555. The molecular weight excluding hydrogens is 246 g/mol. The molecule has 1 aliphatic heterocycles. The zero-order valence-electron chi connectivity index (χ0n) is 11.5. The van der Waals surface area contributed by atoms with Crippen LogP contribution in [0.3, 0.4) is 0 Å². The van der Waals surface area contributed by atoms with Crippen molar-refractivity contribution in [1.29, 1.82) is 0 Å². The standard InChI is InChI=1S/C14H16BFO3/c1-13(2)14(3,4)19-15(18-13)12-8-9-7-10(16)5-6-11(9)17-12/h5-8H,1-4H3. The van der Waals surface area contributed by atoms with Crippen molar-refractivity contribution in [3.05, 3.63) is 30.1 Å². The molecule has 1 saturated heterocycles. The third kappa shape index (κ3) is 1.97. The Bertz CT molecular complexity index is 617. The maximum atomic E-state index is 13.2. The van der Waals surface area contributed by atoms with Crippen molar-refractivity contribution in [2.45, 2.75) is 38.9 Å². The van der Waals surface area contributed by atoms with Crippen LogP contribution in [0.25, 0.3) is 11.0 Å². The number of hydrogen-bond donors (Lipinski definition) is 0. The first-order chi connectivity index (χ1) is 8.78. The maximum absolute atomic E-state index is 13.2. The van der Waals surface area contributed by atoms with Gasteiger partial charge in [-0.3, -0.25) is 0 Å². The molecule has 0 unspecified atom stereocenters. The molecule has 19 heavy (non-hydrogen) atoms. The van der Waals surface area contributed by atoms with Crippen LogP contribution in [0.2, 0.25) is 0 Å². The molecule has 1 fully saturated rings. The normalized spacial score (nSPS) is 21.2. The van der Waals surface area contributed by atoms with Gasteiger partial charge in [0.1, 0.15) is 17.1 Å². The van der Waals surface area contributed by atoms with Crippen LogP contribution in [0.1, 0.15) is 27.7 Å². The Kier molecular flexibility index (Phi) is 2.56. The van der Waals surface area contributed by atoms with Crippen molar-refractivity contribution in [3.63, 3.8) is 0 Å². The molecule has 3 nitrogen and oxygen atoms in total. The van der Waals surface area contributed by atoms with E-state index in [0.717, 1.165) is 0 Å². The van der Waals surface area contributed by atoms with E-state index < -0.39 is 18.3 Å². The maximum Gasteiger partial charge on any atom is 0.532 e. The van der Waals surface area contributed by atoms with Gasteiger partial charge < -0.3 is 13.7 Å². The van der Waals surface area contributed by atoms with Gasteiger partial charge in [-0.2, -0.15) is 0 Å². The second-order valence-corrected chi connectivity index (χ2v) is 5.92. The van der Waals surface area contributed by atoms with Gasteiger partial charge in [0.25, 0.3) is 0 Å². The van der Waals surface area contributed by atoms with Gasteiger partial charge in [0.15, 0.2) is 0 Å². The summed E-state index contributed by atoms with van der Waals surface area (Å²) in [5.41, 5.74) is 0.370. The smallest absolute Gasteiger partial charge is 0.465 e. The molecule has 0 spiro atoms. The van der Waals surface area contributed by atoms with E-state index in [2.05, 4.69) is 0 Å². The van der Waals surface area contributed by atoms with E-state index in [0.29, 0.717) is 16.6 Å². The van der Waals surface area contributed by atoms with Gasteiger partial charge in [-0.1, -0.05) is 0 Å². The molecule has 0 saturated carbocycles. The van der Waals surface area contributed by atoms with E-state index in [1.807, 2.05) is 27.7 Å². The summed E-state index contributed by atoms with van der Waals surface area (Å²) in [6.07, 6.45) is 0. The van der Waals surface area contributed by atoms with E-state index in [1.54, 1.807) is 12.1 Å². The van der Waals surface area contributed by atoms with Gasteiger partial charge in [0.2, 0.25) is 0 Å². The highest BCUT2D eigenvalue weighted by Crippen LogP contribution is 2.36. The third-order valence-electron chi connectivity index (χ3n) is 3.98. The Morgan fingerprint density at radius 2 is 1.63 bits per heavy atom. The molecule has 3 rings (SSSR count). The molecule has 2 aromatic rings. The largest absolute Gasteiger partial charge is 0.532 e. The lowest BCUT2D eigenvalue weighted by Crippen LogP contribution is -2.41. The molecule has 2 heterocycles. The summed E-state index contributed by atoms with van der Waals surface area (Å²) in [5.74, 6) is -0.284. The second kappa shape index (κ2) is 3.84. The van der Waals surface area contributed by atoms with E-state index >= 15 is 0 Å². The van der Waals surface area contributed by atoms with Gasteiger partial charge >= 0.3 is 7.12 Å². The monoisotopic (exact) mass is 262 g/mol. The molecule has 1 aliphatic rings. The average molecular weight is 262 g/mol. The number of hydrogen-bond acceptors (Lipinski definition) is 3. The van der Waals surface area contributed by atoms with E-state index in [1.165, 1.54) is 12.1 Å². The lowest BCUT2D eigenvalue weighted by atomic mass is 9.86. The molecule has 5 heteroatoms. The summed E-state index contributed by atoms with van der Waals surface area (Å²) in [6.45, 7) is 7.93. The molecule has 0 atom stereocenters. The molecule has 1 aromatic heterocycles. The summed E-state index contributed by atoms with van der Waals surface area (Å²) in [4.78, 5) is 0. The van der Waals surface area contributed by atoms with Crippen molar-refractivity contribution >= 4 is 23.7 Å². The average Bonchev–Trinajstić information content (AvgIpc) is 2.78. The van der Waals surface area contributed by atoms with Crippen molar-refractivity contribution in [3.8, 4) is 0 Å². The first kappa shape index (κ1) is 12.7. The van der Waals surface area contributed by atoms with Crippen LogP contribution in [0.4, 0.5) is 4.39 Å². The van der Waals surface area contributed by atoms with Crippen molar-refractivity contribution in [2.75, 3.05) is 0 Å². The van der Waals surface area contributed by atoms with Crippen molar-refractivity contribution in [2.24, 2.45) is 0 Å². The molecule has 100 valence electrons. The lowest BCUT2D eigenvalue weighted by Gasteiger charge is -2.32. The summed E-state index contributed by atoms with van der Waals surface area (Å²) in [6, 6.07) is 6.19. The predicted molar refractivity (Wildman–Crippen MR) is 71.9 cm³/mol. The fourth-order valence-electron chi connectivity index (χ4n) is 2.11. The molecule has 0 aliphatic carbocycles. The van der Waals surface area contributed by atoms with Crippen LogP contribution in [0.15, 0.2) is 28.7 Å². The highest BCUT2D eigenvalue weighted by molar-refractivity contribution is 6.61. The SMILES string of the molecule is CC1(C)OB(c2cc3cc(F)ccc3o2)OC1(C)C. The van der Waals surface area contributed by atoms with Gasteiger partial charge in [-0.15, -0.1) is 0 Å². The van der Waals surface area contributed by atoms with Gasteiger partial charge in [-0.25, -0.2) is 4.39 Å². The lowest BCUT2D eigenvalue weighted by molar-refractivity contribution is 0.00578. The van der Waals surface area contributed by atoms with Crippen LogP contribution < -0.4 is 5.66 Å². The zero-order valence-corrected chi connectivity index (χ0v) is 11.5. The second-order valence-electron chi connectivity index (χ2n) is 5.92. The fraction of sp³-hybridized carbons (Fsp3) is 0.429. The topological polar surface area (TPSA) is 31.6 Å². The van der Waals surface area contributed by atoms with E-state index in [-0.39, 0.29) is 5.82 Å². The minimum atomic E-state index is -0.555. The van der Waals surface area contributed by atoms with E-state index in [9.17, 15) is 4.39 Å². The van der Waals surface area contributed by atoms with Crippen LogP contribution in [0, 0.1) is 5.82 Å². The highest BCUT2D eigenvalue weighted by Gasteiger charge is 2.53. The van der Waals surface area contributed by atoms with Crippen LogP contribution in [0.5, 0.6) is 0 Å². The summed E-state index contributed by atoms with van der Waals surface area (Å²) >= 11 is 0. The Morgan fingerprint density at radius 1 is 1.00 bits per heavy atom. The molecule has 0 amide bonds. The van der Waals surface area contributed by atoms with Gasteiger partial charge in [0, 0.05) is 5.39 Å². The number of fused-ring (bicyclic) bond motifs is 1. The first-order valence-electron chi connectivity index (χ1n) is 6.33. The van der Waals surface area contributed by atoms with Gasteiger partial charge in [0.05, 0.1) is 11.2 Å². The van der Waals surface area contributed by atoms with Gasteiger partial charge in [-0.05, 0) is 52.0 Å². The fourth-order valence-corrected chi connectivity index (χ4v) is 2.11. The Balaban J connectivity index is 1.98. The molecular formula is C14H16BFO3. The third-order valence-corrected chi connectivity index (χ3v) is 3.98. The quantitative estimate of drug-likeness (QED) is 0.740. The number of halogens is 1. The first-order valence-corrected chi connectivity index (χ1v) is 6.33. The number of rotatable bonds is 1. The Morgan fingerprint density at radius 3 is 2.26 bits per heavy atom. The molecule has 0 N–H and O–H groups in total. The molecule has 1 aromatic carbocycles.